The van der Waals surface area contributed by atoms with Crippen LogP contribution in [0.3, 0.4) is 0 Å². The predicted molar refractivity (Wildman–Crippen MR) is 81.3 cm³/mol. The third-order valence-electron chi connectivity index (χ3n) is 4.59. The first-order valence-corrected chi connectivity index (χ1v) is 7.49. The van der Waals surface area contributed by atoms with E-state index in [4.69, 9.17) is 0 Å². The van der Waals surface area contributed by atoms with Crippen LogP contribution in [-0.4, -0.2) is 36.5 Å². The van der Waals surface area contributed by atoms with Crippen LogP contribution in [0, 0.1) is 12.8 Å². The van der Waals surface area contributed by atoms with Crippen molar-refractivity contribution in [3.05, 3.63) is 41.5 Å². The first-order chi connectivity index (χ1) is 9.72. The van der Waals surface area contributed by atoms with Gasteiger partial charge in [-0.15, -0.1) is 0 Å². The van der Waals surface area contributed by atoms with E-state index in [9.17, 15) is 4.79 Å². The summed E-state index contributed by atoms with van der Waals surface area (Å²) < 4.78 is 0. The average molecular weight is 270 g/mol. The Morgan fingerprint density at radius 3 is 2.70 bits per heavy atom. The molecule has 1 aromatic carbocycles. The lowest BCUT2D eigenvalue weighted by Gasteiger charge is -2.44. The molecule has 3 saturated heterocycles. The Morgan fingerprint density at radius 2 is 2.05 bits per heavy atom. The summed E-state index contributed by atoms with van der Waals surface area (Å²) >= 11 is 0. The van der Waals surface area contributed by atoms with Gasteiger partial charge < -0.3 is 10.2 Å². The molecule has 3 aliphatic rings. The molecule has 3 nitrogen and oxygen atoms in total. The molecule has 1 amide bonds. The van der Waals surface area contributed by atoms with Crippen molar-refractivity contribution in [3.63, 3.8) is 0 Å². The fraction of sp³-hybridized carbons (Fsp3) is 0.471. The van der Waals surface area contributed by atoms with Crippen molar-refractivity contribution < 1.29 is 4.79 Å². The SMILES string of the molecule is Cc1ccccc1/C=C/C(=O)N[C@H]1CN2CCC1CC2. The Morgan fingerprint density at radius 1 is 1.30 bits per heavy atom. The van der Waals surface area contributed by atoms with Gasteiger partial charge in [-0.3, -0.25) is 4.79 Å². The first kappa shape index (κ1) is 13.4. The van der Waals surface area contributed by atoms with Gasteiger partial charge in [0.2, 0.25) is 5.91 Å². The fourth-order valence-corrected chi connectivity index (χ4v) is 3.30. The van der Waals surface area contributed by atoms with Gasteiger partial charge in [-0.1, -0.05) is 24.3 Å². The number of nitrogens with one attached hydrogen (secondary N) is 1. The summed E-state index contributed by atoms with van der Waals surface area (Å²) in [4.78, 5) is 14.5. The quantitative estimate of drug-likeness (QED) is 0.854. The second kappa shape index (κ2) is 5.80. The van der Waals surface area contributed by atoms with Crippen LogP contribution in [0.4, 0.5) is 0 Å². The molecule has 0 radical (unpaired) electrons. The Balaban J connectivity index is 1.59. The van der Waals surface area contributed by atoms with Crippen molar-refractivity contribution >= 4 is 12.0 Å². The van der Waals surface area contributed by atoms with Crippen LogP contribution in [0.1, 0.15) is 24.0 Å². The van der Waals surface area contributed by atoms with E-state index in [1.165, 1.54) is 31.5 Å². The van der Waals surface area contributed by atoms with E-state index in [0.717, 1.165) is 12.1 Å². The van der Waals surface area contributed by atoms with Crippen molar-refractivity contribution in [1.29, 1.82) is 0 Å². The Bertz CT molecular complexity index is 515. The maximum absolute atomic E-state index is 12.1. The van der Waals surface area contributed by atoms with E-state index < -0.39 is 0 Å². The predicted octanol–water partition coefficient (Wildman–Crippen LogP) is 2.22. The van der Waals surface area contributed by atoms with Gasteiger partial charge in [-0.05, 0) is 56.0 Å². The third kappa shape index (κ3) is 2.93. The summed E-state index contributed by atoms with van der Waals surface area (Å²) in [7, 11) is 0. The summed E-state index contributed by atoms with van der Waals surface area (Å²) in [5, 5.41) is 3.17. The zero-order valence-corrected chi connectivity index (χ0v) is 12.0. The third-order valence-corrected chi connectivity index (χ3v) is 4.59. The molecule has 3 aliphatic heterocycles. The second-order valence-corrected chi connectivity index (χ2v) is 5.94. The standard InChI is InChI=1S/C17H22N2O/c1-13-4-2-3-5-14(13)6-7-17(20)18-16-12-19-10-8-15(16)9-11-19/h2-7,15-16H,8-12H2,1H3,(H,18,20)/b7-6+/t16-/m0/s1. The first-order valence-electron chi connectivity index (χ1n) is 7.49. The van der Waals surface area contributed by atoms with Crippen molar-refractivity contribution in [2.24, 2.45) is 5.92 Å². The summed E-state index contributed by atoms with van der Waals surface area (Å²) in [6, 6.07) is 8.45. The molecule has 1 aromatic rings. The van der Waals surface area contributed by atoms with Crippen molar-refractivity contribution in [3.8, 4) is 0 Å². The van der Waals surface area contributed by atoms with Crippen LogP contribution in [0.15, 0.2) is 30.3 Å². The minimum Gasteiger partial charge on any atom is -0.348 e. The molecule has 1 atom stereocenters. The maximum atomic E-state index is 12.1. The monoisotopic (exact) mass is 270 g/mol. The van der Waals surface area contributed by atoms with Crippen LogP contribution in [0.25, 0.3) is 6.08 Å². The molecule has 1 N–H and O–H groups in total. The number of carbonyl (C=O) groups excluding carboxylic acids is 1. The molecule has 0 aliphatic carbocycles. The van der Waals surface area contributed by atoms with Crippen LogP contribution in [0.2, 0.25) is 0 Å². The topological polar surface area (TPSA) is 32.3 Å². The van der Waals surface area contributed by atoms with Crippen molar-refractivity contribution in [1.82, 2.24) is 10.2 Å². The minimum absolute atomic E-state index is 0.0343. The van der Waals surface area contributed by atoms with E-state index in [-0.39, 0.29) is 5.91 Å². The summed E-state index contributed by atoms with van der Waals surface area (Å²) in [6.45, 7) is 5.49. The summed E-state index contributed by atoms with van der Waals surface area (Å²) in [5.41, 5.74) is 2.30. The highest BCUT2D eigenvalue weighted by molar-refractivity contribution is 5.92. The lowest BCUT2D eigenvalue weighted by atomic mass is 9.84. The molecule has 0 aromatic heterocycles. The molecule has 2 bridgehead atoms. The molecule has 3 heteroatoms. The fourth-order valence-electron chi connectivity index (χ4n) is 3.30. The number of hydrogen-bond donors (Lipinski definition) is 1. The normalized spacial score (nSPS) is 28.8. The lowest BCUT2D eigenvalue weighted by Crippen LogP contribution is -2.57. The number of nitrogens with zero attached hydrogens (tertiary/aromatic N) is 1. The van der Waals surface area contributed by atoms with E-state index in [2.05, 4.69) is 23.2 Å². The van der Waals surface area contributed by atoms with Gasteiger partial charge in [0, 0.05) is 18.7 Å². The Hall–Kier alpha value is -1.61. The number of aryl methyl sites for hydroxylation is 1. The van der Waals surface area contributed by atoms with Gasteiger partial charge in [0.1, 0.15) is 0 Å². The maximum Gasteiger partial charge on any atom is 0.244 e. The van der Waals surface area contributed by atoms with Gasteiger partial charge in [0.15, 0.2) is 0 Å². The lowest BCUT2D eigenvalue weighted by molar-refractivity contribution is -0.118. The van der Waals surface area contributed by atoms with E-state index in [1.54, 1.807) is 6.08 Å². The largest absolute Gasteiger partial charge is 0.348 e. The Kier molecular flexibility index (Phi) is 3.88. The number of amides is 1. The van der Waals surface area contributed by atoms with E-state index in [0.29, 0.717) is 12.0 Å². The van der Waals surface area contributed by atoms with Crippen molar-refractivity contribution in [2.75, 3.05) is 19.6 Å². The second-order valence-electron chi connectivity index (χ2n) is 5.94. The number of fused-ring (bicyclic) bond motifs is 3. The van der Waals surface area contributed by atoms with Crippen LogP contribution in [0.5, 0.6) is 0 Å². The molecular weight excluding hydrogens is 248 g/mol. The van der Waals surface area contributed by atoms with Crippen molar-refractivity contribution in [2.45, 2.75) is 25.8 Å². The average Bonchev–Trinajstić information content (AvgIpc) is 2.48. The summed E-state index contributed by atoms with van der Waals surface area (Å²) in [5.74, 6) is 0.711. The van der Waals surface area contributed by atoms with Crippen LogP contribution in [-0.2, 0) is 4.79 Å². The molecule has 20 heavy (non-hydrogen) atoms. The number of carbonyl (C=O) groups is 1. The van der Waals surface area contributed by atoms with E-state index >= 15 is 0 Å². The number of piperidine rings is 3. The zero-order chi connectivity index (χ0) is 13.9. The van der Waals surface area contributed by atoms with Gasteiger partial charge in [0.25, 0.3) is 0 Å². The van der Waals surface area contributed by atoms with Gasteiger partial charge in [0.05, 0.1) is 0 Å². The molecule has 4 rings (SSSR count). The molecule has 106 valence electrons. The minimum atomic E-state index is 0.0343. The molecular formula is C17H22N2O. The van der Waals surface area contributed by atoms with Crippen LogP contribution < -0.4 is 5.32 Å². The molecule has 0 saturated carbocycles. The summed E-state index contributed by atoms with van der Waals surface area (Å²) in [6.07, 6.45) is 6.03. The molecule has 3 fully saturated rings. The molecule has 0 unspecified atom stereocenters. The Labute approximate surface area is 120 Å². The number of benzene rings is 1. The van der Waals surface area contributed by atoms with Gasteiger partial charge in [-0.25, -0.2) is 0 Å². The van der Waals surface area contributed by atoms with E-state index in [1.807, 2.05) is 24.3 Å². The van der Waals surface area contributed by atoms with Gasteiger partial charge in [-0.2, -0.15) is 0 Å². The number of rotatable bonds is 3. The van der Waals surface area contributed by atoms with Crippen LogP contribution >= 0.6 is 0 Å². The smallest absolute Gasteiger partial charge is 0.244 e. The molecule has 0 spiro atoms. The highest BCUT2D eigenvalue weighted by atomic mass is 16.1. The highest BCUT2D eigenvalue weighted by Gasteiger charge is 2.34. The molecule has 3 heterocycles. The number of hydrogen-bond acceptors (Lipinski definition) is 2. The zero-order valence-electron chi connectivity index (χ0n) is 12.0. The van der Waals surface area contributed by atoms with Gasteiger partial charge >= 0.3 is 0 Å². The highest BCUT2D eigenvalue weighted by Crippen LogP contribution is 2.27.